The fourth-order valence-corrected chi connectivity index (χ4v) is 3.74. The Morgan fingerprint density at radius 2 is 0.900 bits per heavy atom. The molecule has 16 heteroatoms. The first kappa shape index (κ1) is 32.6. The Labute approximate surface area is 269 Å². The molecule has 8 nitrogen and oxygen atoms in total. The fourth-order valence-electron chi connectivity index (χ4n) is 2.89. The summed E-state index contributed by atoms with van der Waals surface area (Å²) in [6, 6.07) is 17.2. The van der Waals surface area contributed by atoms with Crippen LogP contribution < -0.4 is 30.7 Å². The number of amides is 4. The number of nitrogens with one attached hydrogen (secondary N) is 4. The molecule has 0 fully saturated rings. The maximum Gasteiger partial charge on any atom is 0.322 e. The molecular weight excluding hydrogens is 692 g/mol. The van der Waals surface area contributed by atoms with E-state index in [-0.39, 0.29) is 11.5 Å². The lowest BCUT2D eigenvalue weighted by atomic mass is 10.3. The van der Waals surface area contributed by atoms with Crippen molar-refractivity contribution in [2.45, 2.75) is 20.0 Å². The fraction of sp³-hybridized carbons (Fsp3) is 0.167. The van der Waals surface area contributed by atoms with Crippen LogP contribution in [0.2, 0.25) is 10.0 Å². The van der Waals surface area contributed by atoms with E-state index in [4.69, 9.17) is 102 Å². The lowest BCUT2D eigenvalue weighted by molar-refractivity contribution is 0.140. The number of carbonyl (C=O) groups is 2. The van der Waals surface area contributed by atoms with E-state index in [2.05, 4.69) is 21.3 Å². The Morgan fingerprint density at radius 1 is 0.575 bits per heavy atom. The van der Waals surface area contributed by atoms with Gasteiger partial charge >= 0.3 is 12.1 Å². The first-order valence-electron chi connectivity index (χ1n) is 10.9. The number of urea groups is 2. The van der Waals surface area contributed by atoms with Crippen LogP contribution in [0.1, 0.15) is 0 Å². The van der Waals surface area contributed by atoms with Gasteiger partial charge in [0.05, 0.1) is 0 Å². The third kappa shape index (κ3) is 10.5. The van der Waals surface area contributed by atoms with Crippen LogP contribution in [0.4, 0.5) is 21.0 Å². The molecule has 0 saturated carbocycles. The minimum absolute atomic E-state index is 0.0234. The average Bonchev–Trinajstić information content (AvgIpc) is 2.86. The van der Waals surface area contributed by atoms with Gasteiger partial charge in [0, 0.05) is 21.4 Å². The molecule has 0 bridgehead atoms. The summed E-state index contributed by atoms with van der Waals surface area (Å²) in [7, 11) is 0. The van der Waals surface area contributed by atoms with Crippen LogP contribution in [0.3, 0.4) is 0 Å². The molecule has 2 atom stereocenters. The van der Waals surface area contributed by atoms with E-state index >= 15 is 0 Å². The molecule has 0 aromatic heterocycles. The Hall–Kier alpha value is -1.88. The third-order valence-corrected chi connectivity index (χ3v) is 6.36. The molecular formula is C24H18Cl8N4O4. The summed E-state index contributed by atoms with van der Waals surface area (Å²) in [5.41, 5.74) is 0.837. The molecule has 3 aromatic rings. The quantitative estimate of drug-likeness (QED) is 0.139. The number of anilines is 2. The highest BCUT2D eigenvalue weighted by Gasteiger charge is 2.39. The van der Waals surface area contributed by atoms with Gasteiger partial charge in [-0.05, 0) is 60.7 Å². The van der Waals surface area contributed by atoms with Gasteiger partial charge < -0.3 is 20.1 Å². The first-order chi connectivity index (χ1) is 18.7. The lowest BCUT2D eigenvalue weighted by Gasteiger charge is -2.29. The van der Waals surface area contributed by atoms with E-state index < -0.39 is 32.1 Å². The van der Waals surface area contributed by atoms with Crippen LogP contribution in [0.25, 0.3) is 0 Å². The van der Waals surface area contributed by atoms with E-state index in [1.165, 1.54) is 12.1 Å². The van der Waals surface area contributed by atoms with Gasteiger partial charge in [0.25, 0.3) is 0 Å². The van der Waals surface area contributed by atoms with E-state index in [1.807, 2.05) is 0 Å². The van der Waals surface area contributed by atoms with Gasteiger partial charge in [-0.1, -0.05) is 105 Å². The zero-order valence-electron chi connectivity index (χ0n) is 19.7. The highest BCUT2D eigenvalue weighted by atomic mass is 35.6. The topological polar surface area (TPSA) is 101 Å². The molecule has 0 radical (unpaired) electrons. The van der Waals surface area contributed by atoms with Crippen LogP contribution >= 0.6 is 92.8 Å². The van der Waals surface area contributed by atoms with Crippen LogP contribution in [-0.2, 0) is 0 Å². The highest BCUT2D eigenvalue weighted by Crippen LogP contribution is 2.38. The van der Waals surface area contributed by atoms with Crippen molar-refractivity contribution in [2.75, 3.05) is 10.6 Å². The average molecular weight is 710 g/mol. The molecule has 4 N–H and O–H groups in total. The first-order valence-corrected chi connectivity index (χ1v) is 13.9. The number of hydrogen-bond acceptors (Lipinski definition) is 4. The molecule has 0 aliphatic carbocycles. The Morgan fingerprint density at radius 3 is 1.20 bits per heavy atom. The molecule has 3 aromatic carbocycles. The van der Waals surface area contributed by atoms with Crippen molar-refractivity contribution >= 4 is 116 Å². The number of ether oxygens (including phenoxy) is 2. The van der Waals surface area contributed by atoms with Gasteiger partial charge in [-0.2, -0.15) is 0 Å². The second-order valence-electron chi connectivity index (χ2n) is 7.74. The van der Waals surface area contributed by atoms with Crippen LogP contribution in [-0.4, -0.2) is 32.1 Å². The predicted octanol–water partition coefficient (Wildman–Crippen LogP) is 8.79. The lowest BCUT2D eigenvalue weighted by Crippen LogP contribution is -2.50. The summed E-state index contributed by atoms with van der Waals surface area (Å²) in [4.78, 5) is 25.1. The number of benzene rings is 3. The van der Waals surface area contributed by atoms with Crippen molar-refractivity contribution < 1.29 is 19.1 Å². The summed E-state index contributed by atoms with van der Waals surface area (Å²) < 4.78 is 7.27. The molecule has 3 rings (SSSR count). The summed E-state index contributed by atoms with van der Waals surface area (Å²) in [5, 5.41) is 10.9. The van der Waals surface area contributed by atoms with Crippen LogP contribution in [0, 0.1) is 0 Å². The molecule has 0 saturated heterocycles. The Balaban J connectivity index is 1.74. The second-order valence-corrected chi connectivity index (χ2v) is 13.3. The molecule has 40 heavy (non-hydrogen) atoms. The standard InChI is InChI=1S/C24H18Cl8N4O4/c25-13-5-9-15(10-6-13)33-21(37)35-19(23(27,28)29)39-17-3-1-2-4-18(17)40-20(24(30,31)32)36-22(38)34-16-11-7-14(26)8-12-16/h1-12,19-20H,(H2,33,35,37)(H2,34,36,38). The third-order valence-electron chi connectivity index (χ3n) is 4.66. The molecule has 214 valence electrons. The Kier molecular flexibility index (Phi) is 11.7. The van der Waals surface area contributed by atoms with Crippen molar-refractivity contribution in [3.63, 3.8) is 0 Å². The van der Waals surface area contributed by atoms with Crippen molar-refractivity contribution in [1.82, 2.24) is 10.6 Å². The van der Waals surface area contributed by atoms with Gasteiger partial charge in [0.15, 0.2) is 11.5 Å². The van der Waals surface area contributed by atoms with Gasteiger partial charge in [0.2, 0.25) is 20.0 Å². The summed E-state index contributed by atoms with van der Waals surface area (Å²) >= 11 is 48.2. The zero-order chi connectivity index (χ0) is 29.5. The maximum absolute atomic E-state index is 12.6. The van der Waals surface area contributed by atoms with Crippen molar-refractivity contribution in [2.24, 2.45) is 0 Å². The molecule has 0 aliphatic rings. The SMILES string of the molecule is O=C(Nc1ccc(Cl)cc1)NC(Oc1ccccc1OC(NC(=O)Nc1ccc(Cl)cc1)C(Cl)(Cl)Cl)C(Cl)(Cl)Cl. The highest BCUT2D eigenvalue weighted by molar-refractivity contribution is 6.68. The van der Waals surface area contributed by atoms with Crippen molar-refractivity contribution in [3.05, 3.63) is 82.8 Å². The normalized spacial score (nSPS) is 13.0. The summed E-state index contributed by atoms with van der Waals surface area (Å²) in [5.74, 6) is -0.0467. The Bertz CT molecular complexity index is 1200. The van der Waals surface area contributed by atoms with E-state index in [0.717, 1.165) is 0 Å². The van der Waals surface area contributed by atoms with Gasteiger partial charge in [-0.15, -0.1) is 0 Å². The maximum atomic E-state index is 12.6. The number of para-hydroxylation sites is 2. The smallest absolute Gasteiger partial charge is 0.322 e. The van der Waals surface area contributed by atoms with Gasteiger partial charge in [-0.25, -0.2) is 9.59 Å². The predicted molar refractivity (Wildman–Crippen MR) is 163 cm³/mol. The van der Waals surface area contributed by atoms with E-state index in [9.17, 15) is 9.59 Å². The van der Waals surface area contributed by atoms with E-state index in [1.54, 1.807) is 60.7 Å². The van der Waals surface area contributed by atoms with Crippen LogP contribution in [0.15, 0.2) is 72.8 Å². The number of carbonyl (C=O) groups excluding carboxylic acids is 2. The molecule has 0 aliphatic heterocycles. The summed E-state index contributed by atoms with van der Waals surface area (Å²) in [6.45, 7) is 0. The number of alkyl halides is 6. The van der Waals surface area contributed by atoms with Gasteiger partial charge in [-0.3, -0.25) is 10.6 Å². The zero-order valence-corrected chi connectivity index (χ0v) is 25.8. The minimum Gasteiger partial charge on any atom is -0.462 e. The monoisotopic (exact) mass is 706 g/mol. The molecule has 2 unspecified atom stereocenters. The number of halogens is 8. The van der Waals surface area contributed by atoms with Crippen molar-refractivity contribution in [1.29, 1.82) is 0 Å². The minimum atomic E-state index is -2.14. The van der Waals surface area contributed by atoms with Gasteiger partial charge in [0.1, 0.15) is 0 Å². The number of rotatable bonds is 8. The second kappa shape index (κ2) is 14.3. The largest absolute Gasteiger partial charge is 0.462 e. The van der Waals surface area contributed by atoms with Crippen molar-refractivity contribution in [3.8, 4) is 11.5 Å². The summed E-state index contributed by atoms with van der Waals surface area (Å²) in [6.07, 6.45) is -3.05. The molecule has 0 heterocycles. The molecule has 4 amide bonds. The van der Waals surface area contributed by atoms with Crippen LogP contribution in [0.5, 0.6) is 11.5 Å². The van der Waals surface area contributed by atoms with E-state index in [0.29, 0.717) is 21.4 Å². The number of hydrogen-bond donors (Lipinski definition) is 4. The molecule has 0 spiro atoms.